The van der Waals surface area contributed by atoms with Crippen LogP contribution in [0.3, 0.4) is 0 Å². The van der Waals surface area contributed by atoms with Gasteiger partial charge in [0.15, 0.2) is 5.82 Å². The van der Waals surface area contributed by atoms with Crippen molar-refractivity contribution in [1.29, 1.82) is 0 Å². The Labute approximate surface area is 108 Å². The number of benzene rings is 1. The molecule has 0 aliphatic carbocycles. The first-order chi connectivity index (χ1) is 9.36. The summed E-state index contributed by atoms with van der Waals surface area (Å²) in [5.74, 6) is 6.42. The molecule has 2 aromatic heterocycles. The van der Waals surface area contributed by atoms with Gasteiger partial charge in [0.2, 0.25) is 0 Å². The van der Waals surface area contributed by atoms with Gasteiger partial charge in [-0.25, -0.2) is 15.8 Å². The third-order valence-corrected chi connectivity index (χ3v) is 2.59. The van der Waals surface area contributed by atoms with Gasteiger partial charge >= 0.3 is 0 Å². The lowest BCUT2D eigenvalue weighted by molar-refractivity contribution is 0.938. The highest BCUT2D eigenvalue weighted by Crippen LogP contribution is 2.22. The first-order valence-electron chi connectivity index (χ1n) is 5.64. The van der Waals surface area contributed by atoms with Crippen LogP contribution in [0.15, 0.2) is 42.6 Å². The van der Waals surface area contributed by atoms with Crippen molar-refractivity contribution >= 4 is 5.82 Å². The molecule has 0 bridgehead atoms. The van der Waals surface area contributed by atoms with E-state index in [1.165, 1.54) is 0 Å². The maximum absolute atomic E-state index is 5.43. The van der Waals surface area contributed by atoms with Crippen LogP contribution in [-0.2, 0) is 0 Å². The predicted molar refractivity (Wildman–Crippen MR) is 70.7 cm³/mol. The quantitative estimate of drug-likeness (QED) is 0.478. The zero-order valence-electron chi connectivity index (χ0n) is 9.91. The molecule has 2 heterocycles. The van der Waals surface area contributed by atoms with E-state index >= 15 is 0 Å². The fraction of sp³-hybridized carbons (Fsp3) is 0. The number of aromatic nitrogens is 5. The lowest BCUT2D eigenvalue weighted by Crippen LogP contribution is -2.10. The number of rotatable bonds is 3. The second-order valence-electron chi connectivity index (χ2n) is 3.83. The van der Waals surface area contributed by atoms with E-state index in [2.05, 4.69) is 30.8 Å². The van der Waals surface area contributed by atoms with E-state index < -0.39 is 0 Å². The van der Waals surface area contributed by atoms with Crippen molar-refractivity contribution in [3.8, 4) is 22.8 Å². The molecule has 7 heteroatoms. The van der Waals surface area contributed by atoms with Gasteiger partial charge < -0.3 is 5.43 Å². The van der Waals surface area contributed by atoms with E-state index in [9.17, 15) is 0 Å². The molecule has 94 valence electrons. The van der Waals surface area contributed by atoms with Gasteiger partial charge in [0.25, 0.3) is 0 Å². The summed E-state index contributed by atoms with van der Waals surface area (Å²) in [5, 5.41) is 10.2. The second kappa shape index (κ2) is 4.83. The Morgan fingerprint density at radius 1 is 1.05 bits per heavy atom. The monoisotopic (exact) mass is 253 g/mol. The molecule has 1 aromatic carbocycles. The number of hydrogen-bond acceptors (Lipinski definition) is 6. The Morgan fingerprint density at radius 3 is 2.58 bits per heavy atom. The first kappa shape index (κ1) is 11.3. The molecular formula is C12H11N7. The smallest absolute Gasteiger partial charge is 0.184 e. The highest BCUT2D eigenvalue weighted by molar-refractivity contribution is 5.65. The fourth-order valence-corrected chi connectivity index (χ4v) is 1.70. The molecule has 0 fully saturated rings. The van der Waals surface area contributed by atoms with Crippen molar-refractivity contribution in [1.82, 2.24) is 25.4 Å². The Balaban J connectivity index is 2.13. The van der Waals surface area contributed by atoms with Gasteiger partial charge in [0.05, 0.1) is 11.9 Å². The molecule has 0 amide bonds. The van der Waals surface area contributed by atoms with E-state index in [1.54, 1.807) is 12.3 Å². The molecule has 0 aliphatic rings. The molecule has 0 saturated carbocycles. The van der Waals surface area contributed by atoms with Crippen LogP contribution >= 0.6 is 0 Å². The molecular weight excluding hydrogens is 242 g/mol. The molecule has 0 saturated heterocycles. The number of nitrogen functional groups attached to an aromatic ring is 1. The van der Waals surface area contributed by atoms with Gasteiger partial charge in [-0.1, -0.05) is 30.3 Å². The van der Waals surface area contributed by atoms with Crippen molar-refractivity contribution in [2.45, 2.75) is 0 Å². The molecule has 0 atom stereocenters. The topological polar surface area (TPSA) is 105 Å². The summed E-state index contributed by atoms with van der Waals surface area (Å²) in [5.41, 5.74) is 4.84. The number of nitrogens with two attached hydrogens (primary N) is 1. The minimum Gasteiger partial charge on any atom is -0.308 e. The molecule has 19 heavy (non-hydrogen) atoms. The summed E-state index contributed by atoms with van der Waals surface area (Å²) in [7, 11) is 0. The van der Waals surface area contributed by atoms with E-state index in [4.69, 9.17) is 5.84 Å². The zero-order chi connectivity index (χ0) is 13.1. The van der Waals surface area contributed by atoms with Gasteiger partial charge in [-0.15, -0.1) is 0 Å². The normalized spacial score (nSPS) is 10.4. The zero-order valence-corrected chi connectivity index (χ0v) is 9.91. The predicted octanol–water partition coefficient (Wildman–Crippen LogP) is 1.21. The Morgan fingerprint density at radius 2 is 1.89 bits per heavy atom. The average molecular weight is 253 g/mol. The largest absolute Gasteiger partial charge is 0.308 e. The van der Waals surface area contributed by atoms with E-state index in [0.717, 1.165) is 11.3 Å². The number of hydrogen-bond donors (Lipinski definition) is 3. The van der Waals surface area contributed by atoms with Crippen molar-refractivity contribution < 1.29 is 0 Å². The second-order valence-corrected chi connectivity index (χ2v) is 3.83. The standard InChI is InChI=1S/C12H11N7/c13-17-11-6-9(8-4-2-1-3-5-8)15-12(16-11)10-7-14-19-18-10/h1-7H,13H2,(H,14,18,19)(H,15,16,17). The average Bonchev–Trinajstić information content (AvgIpc) is 3.02. The number of nitrogens with one attached hydrogen (secondary N) is 2. The van der Waals surface area contributed by atoms with Crippen LogP contribution in [0, 0.1) is 0 Å². The molecule has 3 rings (SSSR count). The third-order valence-electron chi connectivity index (χ3n) is 2.59. The van der Waals surface area contributed by atoms with Crippen LogP contribution < -0.4 is 11.3 Å². The van der Waals surface area contributed by atoms with Gasteiger partial charge in [-0.3, -0.25) is 0 Å². The molecule has 0 aliphatic heterocycles. The number of anilines is 1. The SMILES string of the molecule is NNc1cc(-c2ccccc2)nc(-c2cn[nH]n2)n1. The summed E-state index contributed by atoms with van der Waals surface area (Å²) < 4.78 is 0. The summed E-state index contributed by atoms with van der Waals surface area (Å²) in [6.45, 7) is 0. The van der Waals surface area contributed by atoms with Crippen LogP contribution in [0.25, 0.3) is 22.8 Å². The summed E-state index contributed by atoms with van der Waals surface area (Å²) in [4.78, 5) is 8.72. The fourth-order valence-electron chi connectivity index (χ4n) is 1.70. The first-order valence-corrected chi connectivity index (χ1v) is 5.64. The minimum absolute atomic E-state index is 0.461. The summed E-state index contributed by atoms with van der Waals surface area (Å²) >= 11 is 0. The van der Waals surface area contributed by atoms with E-state index in [-0.39, 0.29) is 0 Å². The Bertz CT molecular complexity index is 664. The highest BCUT2D eigenvalue weighted by atomic mass is 15.3. The third kappa shape index (κ3) is 2.26. The van der Waals surface area contributed by atoms with E-state index in [0.29, 0.717) is 17.3 Å². The van der Waals surface area contributed by atoms with Crippen LogP contribution in [0.4, 0.5) is 5.82 Å². The lowest BCUT2D eigenvalue weighted by atomic mass is 10.1. The van der Waals surface area contributed by atoms with Gasteiger partial charge in [-0.2, -0.15) is 15.4 Å². The van der Waals surface area contributed by atoms with Gasteiger partial charge in [0, 0.05) is 11.6 Å². The van der Waals surface area contributed by atoms with Crippen molar-refractivity contribution in [3.05, 3.63) is 42.6 Å². The maximum Gasteiger partial charge on any atom is 0.184 e. The molecule has 3 aromatic rings. The lowest BCUT2D eigenvalue weighted by Gasteiger charge is -2.06. The summed E-state index contributed by atoms with van der Waals surface area (Å²) in [6, 6.07) is 11.6. The Kier molecular flexibility index (Phi) is 2.87. The number of nitrogens with zero attached hydrogens (tertiary/aromatic N) is 4. The van der Waals surface area contributed by atoms with Crippen LogP contribution in [0.1, 0.15) is 0 Å². The highest BCUT2D eigenvalue weighted by Gasteiger charge is 2.09. The van der Waals surface area contributed by atoms with Crippen molar-refractivity contribution in [3.63, 3.8) is 0 Å². The van der Waals surface area contributed by atoms with Crippen LogP contribution in [0.2, 0.25) is 0 Å². The van der Waals surface area contributed by atoms with Crippen molar-refractivity contribution in [2.75, 3.05) is 5.43 Å². The molecule has 7 nitrogen and oxygen atoms in total. The van der Waals surface area contributed by atoms with Crippen molar-refractivity contribution in [2.24, 2.45) is 5.84 Å². The molecule has 0 radical (unpaired) electrons. The van der Waals surface area contributed by atoms with E-state index in [1.807, 2.05) is 30.3 Å². The molecule has 0 unspecified atom stereocenters. The Hall–Kier alpha value is -2.80. The van der Waals surface area contributed by atoms with Gasteiger partial charge in [-0.05, 0) is 0 Å². The van der Waals surface area contributed by atoms with Crippen LogP contribution in [-0.4, -0.2) is 25.4 Å². The number of H-pyrrole nitrogens is 1. The molecule has 0 spiro atoms. The number of aromatic amines is 1. The van der Waals surface area contributed by atoms with Crippen LogP contribution in [0.5, 0.6) is 0 Å². The minimum atomic E-state index is 0.461. The molecule has 4 N–H and O–H groups in total. The number of hydrazine groups is 1. The maximum atomic E-state index is 5.43. The summed E-state index contributed by atoms with van der Waals surface area (Å²) in [6.07, 6.45) is 1.56. The van der Waals surface area contributed by atoms with Gasteiger partial charge in [0.1, 0.15) is 11.5 Å².